The van der Waals surface area contributed by atoms with Gasteiger partial charge in [0.05, 0.1) is 11.9 Å². The number of hydrogen-bond donors (Lipinski definition) is 1. The minimum Gasteiger partial charge on any atom is -0.355 e. The first kappa shape index (κ1) is 26.7. The number of nitrogens with one attached hydrogen (secondary N) is 1. The smallest absolute Gasteiger partial charge is 0.244 e. The number of carbonyl (C=O) groups is 2. The van der Waals surface area contributed by atoms with Crippen LogP contribution >= 0.6 is 11.6 Å². The Bertz CT molecular complexity index is 1100. The highest BCUT2D eigenvalue weighted by Gasteiger charge is 2.31. The Kier molecular flexibility index (Phi) is 9.31. The molecule has 0 aliphatic rings. The minimum atomic E-state index is -3.76. The molecule has 0 spiro atoms. The number of aryl methyl sites for hydroxylation is 2. The zero-order valence-corrected chi connectivity index (χ0v) is 21.3. The normalized spacial score (nSPS) is 12.2. The largest absolute Gasteiger partial charge is 0.355 e. The summed E-state index contributed by atoms with van der Waals surface area (Å²) in [7, 11) is -3.76. The van der Waals surface area contributed by atoms with E-state index in [9.17, 15) is 18.0 Å². The van der Waals surface area contributed by atoms with Crippen molar-refractivity contribution < 1.29 is 18.0 Å². The number of benzene rings is 2. The Morgan fingerprint density at radius 2 is 1.73 bits per heavy atom. The predicted octanol–water partition coefficient (Wildman–Crippen LogP) is 3.67. The van der Waals surface area contributed by atoms with Crippen LogP contribution in [0.1, 0.15) is 37.0 Å². The highest BCUT2D eigenvalue weighted by Crippen LogP contribution is 2.23. The summed E-state index contributed by atoms with van der Waals surface area (Å²) in [5.41, 5.74) is 3.00. The molecule has 2 amide bonds. The molecule has 0 bridgehead atoms. The van der Waals surface area contributed by atoms with Crippen molar-refractivity contribution in [2.24, 2.45) is 0 Å². The number of carbonyl (C=O) groups excluding carboxylic acids is 2. The maximum atomic E-state index is 13.5. The van der Waals surface area contributed by atoms with Gasteiger partial charge < -0.3 is 10.2 Å². The fraction of sp³-hybridized carbons (Fsp3) is 0.417. The third kappa shape index (κ3) is 6.95. The summed E-state index contributed by atoms with van der Waals surface area (Å²) in [6.07, 6.45) is 1.43. The van der Waals surface area contributed by atoms with Gasteiger partial charge in [-0.3, -0.25) is 13.9 Å². The maximum absolute atomic E-state index is 13.5. The number of sulfonamides is 1. The van der Waals surface area contributed by atoms with Crippen molar-refractivity contribution in [1.82, 2.24) is 10.2 Å². The molecule has 1 atom stereocenters. The maximum Gasteiger partial charge on any atom is 0.244 e. The first-order chi connectivity index (χ1) is 15.5. The molecule has 9 heteroatoms. The van der Waals surface area contributed by atoms with Gasteiger partial charge in [0.25, 0.3) is 0 Å². The Hall–Kier alpha value is -2.58. The molecule has 33 heavy (non-hydrogen) atoms. The summed E-state index contributed by atoms with van der Waals surface area (Å²) in [5.74, 6) is -0.783. The van der Waals surface area contributed by atoms with Crippen LogP contribution < -0.4 is 9.62 Å². The second-order valence-corrected chi connectivity index (χ2v) is 10.3. The number of halogens is 1. The average Bonchev–Trinajstić information content (AvgIpc) is 2.74. The van der Waals surface area contributed by atoms with Gasteiger partial charge in [-0.05, 0) is 62.1 Å². The van der Waals surface area contributed by atoms with Crippen LogP contribution in [-0.4, -0.2) is 50.5 Å². The first-order valence-electron chi connectivity index (χ1n) is 10.8. The Morgan fingerprint density at radius 3 is 2.27 bits per heavy atom. The van der Waals surface area contributed by atoms with Gasteiger partial charge in [0, 0.05) is 18.1 Å². The van der Waals surface area contributed by atoms with E-state index in [1.165, 1.54) is 4.90 Å². The molecule has 2 rings (SSSR count). The van der Waals surface area contributed by atoms with E-state index in [1.807, 2.05) is 26.8 Å². The molecule has 2 aromatic carbocycles. The van der Waals surface area contributed by atoms with Crippen LogP contribution in [0.15, 0.2) is 42.5 Å². The monoisotopic (exact) mass is 493 g/mol. The molecule has 2 aromatic rings. The van der Waals surface area contributed by atoms with E-state index in [-0.39, 0.29) is 12.5 Å². The van der Waals surface area contributed by atoms with Gasteiger partial charge in [-0.15, -0.1) is 0 Å². The lowest BCUT2D eigenvalue weighted by molar-refractivity contribution is -0.140. The zero-order valence-electron chi connectivity index (χ0n) is 19.8. The second kappa shape index (κ2) is 11.5. The quantitative estimate of drug-likeness (QED) is 0.547. The highest BCUT2D eigenvalue weighted by atomic mass is 35.5. The van der Waals surface area contributed by atoms with E-state index >= 15 is 0 Å². The molecule has 0 saturated heterocycles. The standard InChI is InChI=1S/C24H32ClN3O4S/c1-6-22(24(30)26-7-2)27(15-19-10-8-9-11-21(19)25)23(29)16-28(33(5,31)32)20-13-12-17(3)18(4)14-20/h8-14,22H,6-7,15-16H2,1-5H3,(H,26,30). The van der Waals surface area contributed by atoms with Crippen LogP contribution in [0.5, 0.6) is 0 Å². The first-order valence-corrected chi connectivity index (χ1v) is 13.1. The topological polar surface area (TPSA) is 86.8 Å². The van der Waals surface area contributed by atoms with E-state index in [1.54, 1.807) is 43.3 Å². The van der Waals surface area contributed by atoms with Crippen molar-refractivity contribution in [2.75, 3.05) is 23.7 Å². The van der Waals surface area contributed by atoms with E-state index < -0.39 is 28.5 Å². The van der Waals surface area contributed by atoms with Gasteiger partial charge in [0.15, 0.2) is 0 Å². The van der Waals surface area contributed by atoms with Crippen molar-refractivity contribution >= 4 is 39.1 Å². The Morgan fingerprint density at radius 1 is 1.06 bits per heavy atom. The van der Waals surface area contributed by atoms with Crippen LogP contribution in [0.4, 0.5) is 5.69 Å². The van der Waals surface area contributed by atoms with Gasteiger partial charge in [0.1, 0.15) is 12.6 Å². The third-order valence-electron chi connectivity index (χ3n) is 5.49. The van der Waals surface area contributed by atoms with Gasteiger partial charge in [-0.25, -0.2) is 8.42 Å². The minimum absolute atomic E-state index is 0.0820. The molecule has 0 aliphatic heterocycles. The number of anilines is 1. The van der Waals surface area contributed by atoms with Gasteiger partial charge in [-0.2, -0.15) is 0 Å². The number of amides is 2. The van der Waals surface area contributed by atoms with Crippen LogP contribution in [0.2, 0.25) is 5.02 Å². The zero-order chi connectivity index (χ0) is 24.8. The van der Waals surface area contributed by atoms with Crippen LogP contribution in [0.3, 0.4) is 0 Å². The number of likely N-dealkylation sites (N-methyl/N-ethyl adjacent to an activating group) is 1. The summed E-state index contributed by atoms with van der Waals surface area (Å²) in [6, 6.07) is 11.5. The van der Waals surface area contributed by atoms with Crippen LogP contribution in [0, 0.1) is 13.8 Å². The van der Waals surface area contributed by atoms with Crippen molar-refractivity contribution in [3.63, 3.8) is 0 Å². The molecule has 0 radical (unpaired) electrons. The van der Waals surface area contributed by atoms with Crippen molar-refractivity contribution in [3.8, 4) is 0 Å². The predicted molar refractivity (Wildman–Crippen MR) is 133 cm³/mol. The van der Waals surface area contributed by atoms with Gasteiger partial charge >= 0.3 is 0 Å². The fourth-order valence-corrected chi connectivity index (χ4v) is 4.55. The van der Waals surface area contributed by atoms with Crippen LogP contribution in [0.25, 0.3) is 0 Å². The lowest BCUT2D eigenvalue weighted by Gasteiger charge is -2.33. The number of rotatable bonds is 10. The summed E-state index contributed by atoms with van der Waals surface area (Å²) in [5, 5.41) is 3.23. The lowest BCUT2D eigenvalue weighted by Crippen LogP contribution is -2.52. The van der Waals surface area contributed by atoms with Crippen molar-refractivity contribution in [1.29, 1.82) is 0 Å². The van der Waals surface area contributed by atoms with E-state index in [0.29, 0.717) is 29.2 Å². The molecular weight excluding hydrogens is 462 g/mol. The molecule has 0 aromatic heterocycles. The van der Waals surface area contributed by atoms with Crippen molar-refractivity contribution in [2.45, 2.75) is 46.7 Å². The number of nitrogens with zero attached hydrogens (tertiary/aromatic N) is 2. The van der Waals surface area contributed by atoms with E-state index in [2.05, 4.69) is 5.32 Å². The molecule has 1 N–H and O–H groups in total. The molecule has 0 aliphatic carbocycles. The molecular formula is C24H32ClN3O4S. The molecule has 0 fully saturated rings. The SMILES string of the molecule is CCNC(=O)C(CC)N(Cc1ccccc1Cl)C(=O)CN(c1ccc(C)c(C)c1)S(C)(=O)=O. The number of hydrogen-bond acceptors (Lipinski definition) is 4. The molecule has 0 heterocycles. The third-order valence-corrected chi connectivity index (χ3v) is 7.00. The van der Waals surface area contributed by atoms with E-state index in [4.69, 9.17) is 11.6 Å². The average molecular weight is 494 g/mol. The van der Waals surface area contributed by atoms with Crippen molar-refractivity contribution in [3.05, 3.63) is 64.2 Å². The Labute approximate surface area is 201 Å². The molecule has 7 nitrogen and oxygen atoms in total. The summed E-state index contributed by atoms with van der Waals surface area (Å²) in [4.78, 5) is 27.7. The van der Waals surface area contributed by atoms with Crippen LogP contribution in [-0.2, 0) is 26.2 Å². The highest BCUT2D eigenvalue weighted by molar-refractivity contribution is 7.92. The summed E-state index contributed by atoms with van der Waals surface area (Å²) in [6.45, 7) is 7.49. The fourth-order valence-electron chi connectivity index (χ4n) is 3.52. The molecule has 1 unspecified atom stereocenters. The summed E-state index contributed by atoms with van der Waals surface area (Å²) >= 11 is 6.32. The van der Waals surface area contributed by atoms with Gasteiger partial charge in [0.2, 0.25) is 21.8 Å². The van der Waals surface area contributed by atoms with E-state index in [0.717, 1.165) is 21.7 Å². The second-order valence-electron chi connectivity index (χ2n) is 7.97. The Balaban J connectivity index is 2.47. The molecule has 180 valence electrons. The lowest BCUT2D eigenvalue weighted by atomic mass is 10.1. The molecule has 0 saturated carbocycles. The van der Waals surface area contributed by atoms with Gasteiger partial charge in [-0.1, -0.05) is 42.8 Å². The summed E-state index contributed by atoms with van der Waals surface area (Å²) < 4.78 is 26.3.